The molecule has 2 rings (SSSR count). The van der Waals surface area contributed by atoms with Crippen LogP contribution in [0.4, 0.5) is 0 Å². The standard InChI is InChI=1S/C15H20O3/c1-10(2)6-11(3)8-17-12-4-5-13-14(16)9-18-15(13)7-12/h4-5,7,10-11H,6,8-9H2,1-3H3. The number of carbonyl (C=O) groups is 1. The molecular weight excluding hydrogens is 228 g/mol. The normalized spacial score (nSPS) is 15.4. The van der Waals surface area contributed by atoms with Gasteiger partial charge in [-0.3, -0.25) is 4.79 Å². The fourth-order valence-corrected chi connectivity index (χ4v) is 2.27. The van der Waals surface area contributed by atoms with Crippen molar-refractivity contribution in [2.45, 2.75) is 27.2 Å². The largest absolute Gasteiger partial charge is 0.493 e. The quantitative estimate of drug-likeness (QED) is 0.801. The number of ether oxygens (including phenoxy) is 2. The predicted molar refractivity (Wildman–Crippen MR) is 70.4 cm³/mol. The van der Waals surface area contributed by atoms with E-state index in [0.29, 0.717) is 29.8 Å². The SMILES string of the molecule is CC(C)CC(C)COc1ccc2c(c1)OCC2=O. The molecule has 0 N–H and O–H groups in total. The van der Waals surface area contributed by atoms with Crippen LogP contribution < -0.4 is 9.47 Å². The molecule has 98 valence electrons. The molecule has 0 aliphatic carbocycles. The van der Waals surface area contributed by atoms with Gasteiger partial charge in [0, 0.05) is 6.07 Å². The first-order valence-electron chi connectivity index (χ1n) is 6.49. The highest BCUT2D eigenvalue weighted by atomic mass is 16.5. The molecule has 1 atom stereocenters. The van der Waals surface area contributed by atoms with Crippen LogP contribution in [0.3, 0.4) is 0 Å². The highest BCUT2D eigenvalue weighted by Gasteiger charge is 2.21. The second-order valence-electron chi connectivity index (χ2n) is 5.42. The molecule has 0 amide bonds. The lowest BCUT2D eigenvalue weighted by atomic mass is 10.00. The molecule has 1 aliphatic heterocycles. The van der Waals surface area contributed by atoms with E-state index < -0.39 is 0 Å². The number of rotatable bonds is 5. The average Bonchev–Trinajstić information content (AvgIpc) is 2.67. The maximum atomic E-state index is 11.4. The zero-order valence-electron chi connectivity index (χ0n) is 11.2. The molecule has 18 heavy (non-hydrogen) atoms. The van der Waals surface area contributed by atoms with Crippen LogP contribution in [-0.4, -0.2) is 19.0 Å². The molecule has 0 fully saturated rings. The fraction of sp³-hybridized carbons (Fsp3) is 0.533. The molecule has 0 aromatic heterocycles. The van der Waals surface area contributed by atoms with Crippen molar-refractivity contribution in [1.29, 1.82) is 0 Å². The number of hydrogen-bond acceptors (Lipinski definition) is 3. The summed E-state index contributed by atoms with van der Waals surface area (Å²) < 4.78 is 11.0. The van der Waals surface area contributed by atoms with E-state index in [1.54, 1.807) is 6.07 Å². The summed E-state index contributed by atoms with van der Waals surface area (Å²) in [6, 6.07) is 5.43. The Balaban J connectivity index is 1.93. The molecular formula is C15H20O3. The third-order valence-corrected chi connectivity index (χ3v) is 3.02. The Labute approximate surface area is 108 Å². The van der Waals surface area contributed by atoms with Gasteiger partial charge in [0.15, 0.2) is 6.61 Å². The van der Waals surface area contributed by atoms with Crippen molar-refractivity contribution in [3.05, 3.63) is 23.8 Å². The van der Waals surface area contributed by atoms with Crippen molar-refractivity contribution >= 4 is 5.78 Å². The Morgan fingerprint density at radius 2 is 2.11 bits per heavy atom. The lowest BCUT2D eigenvalue weighted by Gasteiger charge is -2.15. The van der Waals surface area contributed by atoms with E-state index in [1.165, 1.54) is 0 Å². The molecule has 1 heterocycles. The van der Waals surface area contributed by atoms with Crippen molar-refractivity contribution in [3.63, 3.8) is 0 Å². The summed E-state index contributed by atoms with van der Waals surface area (Å²) in [5.74, 6) is 2.68. The minimum atomic E-state index is 0.0460. The van der Waals surface area contributed by atoms with Gasteiger partial charge in [0.05, 0.1) is 12.2 Å². The first-order valence-corrected chi connectivity index (χ1v) is 6.49. The zero-order valence-corrected chi connectivity index (χ0v) is 11.2. The second-order valence-corrected chi connectivity index (χ2v) is 5.42. The molecule has 0 spiro atoms. The van der Waals surface area contributed by atoms with Crippen molar-refractivity contribution in [3.8, 4) is 11.5 Å². The maximum Gasteiger partial charge on any atom is 0.203 e. The molecule has 3 heteroatoms. The van der Waals surface area contributed by atoms with Crippen molar-refractivity contribution in [1.82, 2.24) is 0 Å². The van der Waals surface area contributed by atoms with Crippen LogP contribution in [0.5, 0.6) is 11.5 Å². The van der Waals surface area contributed by atoms with E-state index in [-0.39, 0.29) is 12.4 Å². The summed E-state index contributed by atoms with van der Waals surface area (Å²) in [7, 11) is 0. The summed E-state index contributed by atoms with van der Waals surface area (Å²) in [6.07, 6.45) is 1.15. The van der Waals surface area contributed by atoms with Gasteiger partial charge in [0.25, 0.3) is 0 Å². The third kappa shape index (κ3) is 3.03. The first-order chi connectivity index (χ1) is 8.56. The number of hydrogen-bond donors (Lipinski definition) is 0. The summed E-state index contributed by atoms with van der Waals surface area (Å²) in [5, 5.41) is 0. The Bertz CT molecular complexity index is 437. The molecule has 3 nitrogen and oxygen atoms in total. The van der Waals surface area contributed by atoms with Crippen LogP contribution in [0, 0.1) is 11.8 Å². The highest BCUT2D eigenvalue weighted by molar-refractivity contribution is 6.02. The zero-order chi connectivity index (χ0) is 13.1. The van der Waals surface area contributed by atoms with E-state index >= 15 is 0 Å². The number of Topliss-reactive ketones (excluding diaryl/α,β-unsaturated/α-hetero) is 1. The van der Waals surface area contributed by atoms with E-state index in [9.17, 15) is 4.79 Å². The Hall–Kier alpha value is -1.51. The molecule has 0 radical (unpaired) electrons. The third-order valence-electron chi connectivity index (χ3n) is 3.02. The van der Waals surface area contributed by atoms with Gasteiger partial charge in [-0.25, -0.2) is 0 Å². The highest BCUT2D eigenvalue weighted by Crippen LogP contribution is 2.29. The Morgan fingerprint density at radius 1 is 1.33 bits per heavy atom. The van der Waals surface area contributed by atoms with Crippen LogP contribution in [-0.2, 0) is 0 Å². The molecule has 0 bridgehead atoms. The number of benzene rings is 1. The maximum absolute atomic E-state index is 11.4. The van der Waals surface area contributed by atoms with Gasteiger partial charge >= 0.3 is 0 Å². The summed E-state index contributed by atoms with van der Waals surface area (Å²) in [6.45, 7) is 7.47. The van der Waals surface area contributed by atoms with Crippen molar-refractivity contribution < 1.29 is 14.3 Å². The van der Waals surface area contributed by atoms with Crippen LogP contribution >= 0.6 is 0 Å². The molecule has 0 saturated carbocycles. The average molecular weight is 248 g/mol. The molecule has 0 saturated heterocycles. The van der Waals surface area contributed by atoms with Crippen LogP contribution in [0.25, 0.3) is 0 Å². The summed E-state index contributed by atoms with van der Waals surface area (Å²) in [5.41, 5.74) is 0.664. The van der Waals surface area contributed by atoms with E-state index in [2.05, 4.69) is 20.8 Å². The molecule has 1 unspecified atom stereocenters. The van der Waals surface area contributed by atoms with Crippen molar-refractivity contribution in [2.75, 3.05) is 13.2 Å². The van der Waals surface area contributed by atoms with Crippen LogP contribution in [0.15, 0.2) is 18.2 Å². The van der Waals surface area contributed by atoms with E-state index in [0.717, 1.165) is 12.2 Å². The second kappa shape index (κ2) is 5.42. The first kappa shape index (κ1) is 12.9. The van der Waals surface area contributed by atoms with Gasteiger partial charge in [0.1, 0.15) is 11.5 Å². The van der Waals surface area contributed by atoms with E-state index in [4.69, 9.17) is 9.47 Å². The smallest absolute Gasteiger partial charge is 0.203 e. The van der Waals surface area contributed by atoms with Gasteiger partial charge in [-0.2, -0.15) is 0 Å². The Morgan fingerprint density at radius 3 is 2.83 bits per heavy atom. The number of carbonyl (C=O) groups excluding carboxylic acids is 1. The van der Waals surface area contributed by atoms with Crippen molar-refractivity contribution in [2.24, 2.45) is 11.8 Å². The van der Waals surface area contributed by atoms with Gasteiger partial charge in [-0.05, 0) is 30.4 Å². The lowest BCUT2D eigenvalue weighted by molar-refractivity contribution is 0.0961. The number of fused-ring (bicyclic) bond motifs is 1. The number of ketones is 1. The van der Waals surface area contributed by atoms with Gasteiger partial charge in [-0.1, -0.05) is 20.8 Å². The molecule has 1 aromatic rings. The van der Waals surface area contributed by atoms with Crippen LogP contribution in [0.2, 0.25) is 0 Å². The van der Waals surface area contributed by atoms with Gasteiger partial charge in [0.2, 0.25) is 5.78 Å². The van der Waals surface area contributed by atoms with Gasteiger partial charge < -0.3 is 9.47 Å². The summed E-state index contributed by atoms with van der Waals surface area (Å²) >= 11 is 0. The predicted octanol–water partition coefficient (Wildman–Crippen LogP) is 3.32. The monoisotopic (exact) mass is 248 g/mol. The topological polar surface area (TPSA) is 35.5 Å². The minimum absolute atomic E-state index is 0.0460. The molecule has 1 aliphatic rings. The minimum Gasteiger partial charge on any atom is -0.493 e. The van der Waals surface area contributed by atoms with Crippen LogP contribution in [0.1, 0.15) is 37.6 Å². The van der Waals surface area contributed by atoms with Gasteiger partial charge in [-0.15, -0.1) is 0 Å². The molecule has 1 aromatic carbocycles. The summed E-state index contributed by atoms with van der Waals surface area (Å²) in [4.78, 5) is 11.4. The Kier molecular flexibility index (Phi) is 3.90. The lowest BCUT2D eigenvalue weighted by Crippen LogP contribution is -2.11. The fourth-order valence-electron chi connectivity index (χ4n) is 2.27. The van der Waals surface area contributed by atoms with E-state index in [1.807, 2.05) is 12.1 Å².